The molecule has 0 saturated carbocycles. The Morgan fingerprint density at radius 3 is 0.646 bits per heavy atom. The third-order valence-corrected chi connectivity index (χ3v) is 8.24. The van der Waals surface area contributed by atoms with Crippen LogP contribution >= 0.6 is 0 Å². The van der Waals surface area contributed by atoms with Crippen molar-refractivity contribution < 1.29 is 38.6 Å². The van der Waals surface area contributed by atoms with Crippen molar-refractivity contribution in [2.24, 2.45) is 0 Å². The van der Waals surface area contributed by atoms with Gasteiger partial charge >= 0.3 is 0 Å². The number of unbranched alkanes of at least 4 members (excludes halogenated alkanes) is 22. The molecular weight excluding hydrogens is 608 g/mol. The maximum Gasteiger partial charge on any atom is 0.0701 e. The van der Waals surface area contributed by atoms with Gasteiger partial charge in [0.2, 0.25) is 0 Å². The number of ether oxygens (including phenoxy) is 6. The van der Waals surface area contributed by atoms with Crippen molar-refractivity contribution in [1.29, 1.82) is 0 Å². The summed E-state index contributed by atoms with van der Waals surface area (Å²) in [5.74, 6) is 0. The quantitative estimate of drug-likeness (QED) is 0.0611. The summed E-state index contributed by atoms with van der Waals surface area (Å²) in [7, 11) is 0. The summed E-state index contributed by atoms with van der Waals surface area (Å²) in [5, 5.41) is 16.9. The average Bonchev–Trinajstić information content (AvgIpc) is 3.10. The number of aliphatic hydroxyl groups excluding tert-OH is 2. The smallest absolute Gasteiger partial charge is 0.0701 e. The number of aliphatic hydroxyl groups is 2. The molecule has 0 bridgehead atoms. The minimum atomic E-state index is 0.0359. The van der Waals surface area contributed by atoms with Gasteiger partial charge in [-0.2, -0.15) is 0 Å². The van der Waals surface area contributed by atoms with Crippen LogP contribution in [0.5, 0.6) is 0 Å². The molecule has 292 valence electrons. The maximum absolute atomic E-state index is 8.45. The molecule has 0 aromatic rings. The molecule has 0 saturated heterocycles. The van der Waals surface area contributed by atoms with E-state index in [1.165, 1.54) is 154 Å². The van der Waals surface area contributed by atoms with Crippen LogP contribution in [0, 0.1) is 0 Å². The second kappa shape index (κ2) is 51.1. The molecular formula is C40H84O8. The Hall–Kier alpha value is -0.320. The second-order valence-corrected chi connectivity index (χ2v) is 12.9. The predicted octanol–water partition coefficient (Wildman–Crippen LogP) is 9.46. The highest BCUT2D eigenvalue weighted by molar-refractivity contribution is 4.50. The first-order valence-electron chi connectivity index (χ1n) is 20.5. The first-order valence-corrected chi connectivity index (χ1v) is 20.5. The molecule has 2 N–H and O–H groups in total. The lowest BCUT2D eigenvalue weighted by molar-refractivity contribution is -0.0151. The third-order valence-electron chi connectivity index (χ3n) is 8.24. The van der Waals surface area contributed by atoms with Gasteiger partial charge in [-0.15, -0.1) is 0 Å². The third kappa shape index (κ3) is 52.5. The van der Waals surface area contributed by atoms with Gasteiger partial charge in [0.15, 0.2) is 0 Å². The zero-order valence-electron chi connectivity index (χ0n) is 32.2. The van der Waals surface area contributed by atoms with E-state index in [-0.39, 0.29) is 13.2 Å². The highest BCUT2D eigenvalue weighted by Crippen LogP contribution is 2.13. The van der Waals surface area contributed by atoms with E-state index in [4.69, 9.17) is 38.6 Å². The summed E-state index contributed by atoms with van der Waals surface area (Å²) in [6, 6.07) is 0. The van der Waals surface area contributed by atoms with E-state index in [9.17, 15) is 0 Å². The summed E-state index contributed by atoms with van der Waals surface area (Å²) in [6.07, 6.45) is 34.1. The molecule has 0 aromatic heterocycles. The monoisotopic (exact) mass is 693 g/mol. The Labute approximate surface area is 298 Å². The molecule has 8 heteroatoms. The molecule has 0 aliphatic carbocycles. The van der Waals surface area contributed by atoms with Crippen LogP contribution in [0.2, 0.25) is 0 Å². The van der Waals surface area contributed by atoms with Crippen LogP contribution in [0.3, 0.4) is 0 Å². The van der Waals surface area contributed by atoms with Crippen LogP contribution in [0.4, 0.5) is 0 Å². The van der Waals surface area contributed by atoms with Gasteiger partial charge in [0.05, 0.1) is 79.3 Å². The molecule has 0 amide bonds. The van der Waals surface area contributed by atoms with E-state index in [1.54, 1.807) is 0 Å². The van der Waals surface area contributed by atoms with E-state index >= 15 is 0 Å². The number of hydrogen-bond donors (Lipinski definition) is 2. The van der Waals surface area contributed by atoms with E-state index in [2.05, 4.69) is 13.8 Å². The molecule has 0 unspecified atom stereocenters. The number of rotatable bonds is 42. The minimum Gasteiger partial charge on any atom is -0.394 e. The molecule has 0 rings (SSSR count). The van der Waals surface area contributed by atoms with E-state index in [0.29, 0.717) is 66.1 Å². The molecule has 48 heavy (non-hydrogen) atoms. The SMILES string of the molecule is CCCCCCCCCCCCCCOCCCCCCCCCCCCCC.OCCOCCOCCOCCOCCOCCO. The first kappa shape index (κ1) is 49.8. The van der Waals surface area contributed by atoms with E-state index < -0.39 is 0 Å². The fourth-order valence-corrected chi connectivity index (χ4v) is 5.30. The standard InChI is InChI=1S/C28H58O.C12H26O7/c1-3-5-7-9-11-13-15-17-19-21-23-25-27-29-28-26-24-22-20-18-16-14-12-10-8-6-4-2;13-1-3-15-5-7-17-9-11-19-12-10-18-8-6-16-4-2-14/h3-28H2,1-2H3;13-14H,1-12H2. The predicted molar refractivity (Wildman–Crippen MR) is 201 cm³/mol. The van der Waals surface area contributed by atoms with Gasteiger partial charge in [0.1, 0.15) is 0 Å². The number of hydrogen-bond acceptors (Lipinski definition) is 8. The second-order valence-electron chi connectivity index (χ2n) is 12.9. The van der Waals surface area contributed by atoms with Crippen molar-refractivity contribution in [2.45, 2.75) is 168 Å². The molecule has 0 aromatic carbocycles. The maximum atomic E-state index is 8.45. The van der Waals surface area contributed by atoms with Crippen LogP contribution in [0.1, 0.15) is 168 Å². The van der Waals surface area contributed by atoms with Crippen molar-refractivity contribution >= 4 is 0 Å². The highest BCUT2D eigenvalue weighted by Gasteiger charge is 1.97. The Morgan fingerprint density at radius 2 is 0.417 bits per heavy atom. The van der Waals surface area contributed by atoms with E-state index in [1.807, 2.05) is 0 Å². The summed E-state index contributed by atoms with van der Waals surface area (Å²) < 4.78 is 31.6. The largest absolute Gasteiger partial charge is 0.394 e. The van der Waals surface area contributed by atoms with Crippen LogP contribution in [0.15, 0.2) is 0 Å². The van der Waals surface area contributed by atoms with Crippen molar-refractivity contribution in [3.63, 3.8) is 0 Å². The zero-order valence-corrected chi connectivity index (χ0v) is 32.2. The lowest BCUT2D eigenvalue weighted by atomic mass is 10.1. The Morgan fingerprint density at radius 1 is 0.229 bits per heavy atom. The van der Waals surface area contributed by atoms with Gasteiger partial charge in [-0.1, -0.05) is 155 Å². The first-order chi connectivity index (χ1) is 23.8. The zero-order chi connectivity index (χ0) is 35.1. The Bertz CT molecular complexity index is 470. The molecule has 0 spiro atoms. The van der Waals surface area contributed by atoms with Crippen LogP contribution in [-0.4, -0.2) is 103 Å². The molecule has 8 nitrogen and oxygen atoms in total. The summed E-state index contributed by atoms with van der Waals surface area (Å²) >= 11 is 0. The summed E-state index contributed by atoms with van der Waals surface area (Å²) in [6.45, 7) is 11.4. The van der Waals surface area contributed by atoms with Gasteiger partial charge in [-0.3, -0.25) is 0 Å². The summed E-state index contributed by atoms with van der Waals surface area (Å²) in [5.41, 5.74) is 0. The lowest BCUT2D eigenvalue weighted by Crippen LogP contribution is -2.14. The minimum absolute atomic E-state index is 0.0359. The molecule has 0 fully saturated rings. The van der Waals surface area contributed by atoms with Gasteiger partial charge in [-0.25, -0.2) is 0 Å². The van der Waals surface area contributed by atoms with Crippen LogP contribution in [-0.2, 0) is 28.4 Å². The van der Waals surface area contributed by atoms with Gasteiger partial charge in [0, 0.05) is 13.2 Å². The van der Waals surface area contributed by atoms with Gasteiger partial charge in [-0.05, 0) is 12.8 Å². The van der Waals surface area contributed by atoms with Crippen molar-refractivity contribution in [2.75, 3.05) is 92.5 Å². The van der Waals surface area contributed by atoms with Crippen LogP contribution < -0.4 is 0 Å². The molecule has 0 radical (unpaired) electrons. The van der Waals surface area contributed by atoms with E-state index in [0.717, 1.165) is 13.2 Å². The normalized spacial score (nSPS) is 11.2. The Balaban J connectivity index is 0. The van der Waals surface area contributed by atoms with Gasteiger partial charge < -0.3 is 38.6 Å². The van der Waals surface area contributed by atoms with Crippen molar-refractivity contribution in [3.05, 3.63) is 0 Å². The van der Waals surface area contributed by atoms with Crippen molar-refractivity contribution in [1.82, 2.24) is 0 Å². The Kier molecular flexibility index (Phi) is 53.0. The molecule has 0 aliphatic heterocycles. The highest BCUT2D eigenvalue weighted by atomic mass is 16.6. The topological polar surface area (TPSA) is 95.8 Å². The molecule has 0 heterocycles. The van der Waals surface area contributed by atoms with Crippen LogP contribution in [0.25, 0.3) is 0 Å². The van der Waals surface area contributed by atoms with Crippen molar-refractivity contribution in [3.8, 4) is 0 Å². The fraction of sp³-hybridized carbons (Fsp3) is 1.00. The van der Waals surface area contributed by atoms with Gasteiger partial charge in [0.25, 0.3) is 0 Å². The lowest BCUT2D eigenvalue weighted by Gasteiger charge is -2.07. The average molecular weight is 693 g/mol. The fourth-order valence-electron chi connectivity index (χ4n) is 5.30. The molecule has 0 aliphatic rings. The molecule has 0 atom stereocenters. The summed E-state index contributed by atoms with van der Waals surface area (Å²) in [4.78, 5) is 0.